The second kappa shape index (κ2) is 6.03. The van der Waals surface area contributed by atoms with Gasteiger partial charge >= 0.3 is 0 Å². The van der Waals surface area contributed by atoms with Gasteiger partial charge in [0.2, 0.25) is 0 Å². The van der Waals surface area contributed by atoms with Gasteiger partial charge in [0.15, 0.2) is 0 Å². The average Bonchev–Trinajstić information content (AvgIpc) is 2.07. The number of rotatable bonds is 6. The highest BCUT2D eigenvalue weighted by atomic mass is 14.9. The highest BCUT2D eigenvalue weighted by molar-refractivity contribution is 4.86. The largest absolute Gasteiger partial charge is 0.315 e. The third-order valence-corrected chi connectivity index (χ3v) is 3.29. The second-order valence-corrected chi connectivity index (χ2v) is 4.77. The van der Waals surface area contributed by atoms with E-state index >= 15 is 0 Å². The quantitative estimate of drug-likeness (QED) is 0.660. The van der Waals surface area contributed by atoms with Crippen LogP contribution in [0.2, 0.25) is 0 Å². The van der Waals surface area contributed by atoms with Crippen molar-refractivity contribution in [1.29, 1.82) is 5.26 Å². The molecule has 2 nitrogen and oxygen atoms in total. The molecule has 80 valence electrons. The van der Waals surface area contributed by atoms with Gasteiger partial charge in [-0.3, -0.25) is 0 Å². The van der Waals surface area contributed by atoms with E-state index in [1.807, 2.05) is 0 Å². The molecule has 1 fully saturated rings. The lowest BCUT2D eigenvalue weighted by Crippen LogP contribution is -2.28. The summed E-state index contributed by atoms with van der Waals surface area (Å²) in [5.41, 5.74) is 0. The van der Waals surface area contributed by atoms with Gasteiger partial charge in [0.25, 0.3) is 0 Å². The van der Waals surface area contributed by atoms with Crippen molar-refractivity contribution in [2.45, 2.75) is 39.5 Å². The van der Waals surface area contributed by atoms with E-state index in [0.717, 1.165) is 19.0 Å². The van der Waals surface area contributed by atoms with Gasteiger partial charge in [0.05, 0.1) is 12.0 Å². The van der Waals surface area contributed by atoms with Gasteiger partial charge in [-0.05, 0) is 24.8 Å². The Labute approximate surface area is 87.7 Å². The molecule has 0 spiro atoms. The summed E-state index contributed by atoms with van der Waals surface area (Å²) in [6, 6.07) is 2.36. The van der Waals surface area contributed by atoms with Crippen molar-refractivity contribution >= 4 is 0 Å². The van der Waals surface area contributed by atoms with Crippen molar-refractivity contribution in [2.75, 3.05) is 13.1 Å². The van der Waals surface area contributed by atoms with E-state index in [9.17, 15) is 0 Å². The van der Waals surface area contributed by atoms with Crippen molar-refractivity contribution < 1.29 is 0 Å². The molecule has 1 atom stereocenters. The van der Waals surface area contributed by atoms with Crippen LogP contribution in [0.1, 0.15) is 39.5 Å². The Morgan fingerprint density at radius 2 is 2.14 bits per heavy atom. The Hall–Kier alpha value is -0.550. The maximum Gasteiger partial charge on any atom is 0.0671 e. The van der Waals surface area contributed by atoms with Crippen LogP contribution in [0.4, 0.5) is 0 Å². The molecule has 0 aromatic heterocycles. The summed E-state index contributed by atoms with van der Waals surface area (Å²) in [5, 5.41) is 12.3. The molecule has 0 radical (unpaired) electrons. The van der Waals surface area contributed by atoms with Crippen LogP contribution < -0.4 is 5.32 Å². The van der Waals surface area contributed by atoms with E-state index in [-0.39, 0.29) is 5.92 Å². The predicted molar refractivity (Wildman–Crippen MR) is 58.8 cm³/mol. The first-order valence-electron chi connectivity index (χ1n) is 5.84. The Kier molecular flexibility index (Phi) is 4.97. The molecule has 1 N–H and O–H groups in total. The Balaban J connectivity index is 1.99. The van der Waals surface area contributed by atoms with Crippen LogP contribution in [0.15, 0.2) is 0 Å². The number of nitrogens with one attached hydrogen (secondary N) is 1. The predicted octanol–water partition coefficient (Wildman–Crippen LogP) is 2.56. The summed E-state index contributed by atoms with van der Waals surface area (Å²) < 4.78 is 0. The second-order valence-electron chi connectivity index (χ2n) is 4.77. The number of hydrogen-bond acceptors (Lipinski definition) is 2. The lowest BCUT2D eigenvalue weighted by Gasteiger charge is -2.25. The van der Waals surface area contributed by atoms with Crippen molar-refractivity contribution in [1.82, 2.24) is 5.32 Å². The topological polar surface area (TPSA) is 35.8 Å². The van der Waals surface area contributed by atoms with Crippen LogP contribution in [-0.2, 0) is 0 Å². The standard InChI is InChI=1S/C12H22N2/c1-10(2)12(8-13)9-14-7-6-11-4-3-5-11/h10-12,14H,3-7,9H2,1-2H3. The van der Waals surface area contributed by atoms with Crippen LogP contribution in [-0.4, -0.2) is 13.1 Å². The first kappa shape index (κ1) is 11.5. The summed E-state index contributed by atoms with van der Waals surface area (Å²) >= 11 is 0. The van der Waals surface area contributed by atoms with Crippen molar-refractivity contribution in [3.63, 3.8) is 0 Å². The molecule has 0 aromatic carbocycles. The maximum atomic E-state index is 8.87. The van der Waals surface area contributed by atoms with E-state index in [1.165, 1.54) is 25.7 Å². The van der Waals surface area contributed by atoms with Crippen molar-refractivity contribution in [3.8, 4) is 6.07 Å². The van der Waals surface area contributed by atoms with Crippen LogP contribution in [0.3, 0.4) is 0 Å². The molecule has 1 unspecified atom stereocenters. The molecule has 0 amide bonds. The Bertz CT molecular complexity index is 189. The smallest absolute Gasteiger partial charge is 0.0671 e. The van der Waals surface area contributed by atoms with E-state index in [1.54, 1.807) is 0 Å². The van der Waals surface area contributed by atoms with E-state index < -0.39 is 0 Å². The molecule has 0 aromatic rings. The third-order valence-electron chi connectivity index (χ3n) is 3.29. The lowest BCUT2D eigenvalue weighted by atomic mass is 9.83. The normalized spacial score (nSPS) is 19.0. The summed E-state index contributed by atoms with van der Waals surface area (Å²) in [4.78, 5) is 0. The van der Waals surface area contributed by atoms with Crippen LogP contribution in [0, 0.1) is 29.1 Å². The molecule has 0 aliphatic heterocycles. The van der Waals surface area contributed by atoms with Gasteiger partial charge in [0.1, 0.15) is 0 Å². The van der Waals surface area contributed by atoms with E-state index in [2.05, 4.69) is 25.2 Å². The number of hydrogen-bond donors (Lipinski definition) is 1. The fraction of sp³-hybridized carbons (Fsp3) is 0.917. The molecule has 2 heteroatoms. The first-order valence-corrected chi connectivity index (χ1v) is 5.84. The first-order chi connectivity index (χ1) is 6.74. The molecule has 14 heavy (non-hydrogen) atoms. The molecule has 1 aliphatic carbocycles. The van der Waals surface area contributed by atoms with Gasteiger partial charge in [-0.1, -0.05) is 33.1 Å². The molecule has 0 bridgehead atoms. The molecule has 0 saturated heterocycles. The molecular weight excluding hydrogens is 172 g/mol. The molecule has 1 aliphatic rings. The maximum absolute atomic E-state index is 8.87. The van der Waals surface area contributed by atoms with E-state index in [4.69, 9.17) is 5.26 Å². The van der Waals surface area contributed by atoms with Gasteiger partial charge in [0, 0.05) is 6.54 Å². The fourth-order valence-corrected chi connectivity index (χ4v) is 1.78. The minimum absolute atomic E-state index is 0.177. The minimum atomic E-state index is 0.177. The minimum Gasteiger partial charge on any atom is -0.315 e. The van der Waals surface area contributed by atoms with E-state index in [0.29, 0.717) is 5.92 Å². The molecule has 0 heterocycles. The zero-order valence-corrected chi connectivity index (χ0v) is 9.42. The van der Waals surface area contributed by atoms with Crippen LogP contribution in [0.25, 0.3) is 0 Å². The molecule has 1 saturated carbocycles. The van der Waals surface area contributed by atoms with Gasteiger partial charge in [-0.25, -0.2) is 0 Å². The average molecular weight is 194 g/mol. The fourth-order valence-electron chi connectivity index (χ4n) is 1.78. The summed E-state index contributed by atoms with van der Waals surface area (Å²) in [5.74, 6) is 1.62. The van der Waals surface area contributed by atoms with Gasteiger partial charge in [-0.2, -0.15) is 5.26 Å². The summed E-state index contributed by atoms with van der Waals surface area (Å²) in [6.45, 7) is 6.18. The van der Waals surface area contributed by atoms with Crippen molar-refractivity contribution in [3.05, 3.63) is 0 Å². The van der Waals surface area contributed by atoms with Gasteiger partial charge in [-0.15, -0.1) is 0 Å². The monoisotopic (exact) mass is 194 g/mol. The van der Waals surface area contributed by atoms with Crippen LogP contribution in [0.5, 0.6) is 0 Å². The highest BCUT2D eigenvalue weighted by Crippen LogP contribution is 2.28. The Morgan fingerprint density at radius 1 is 1.43 bits per heavy atom. The third kappa shape index (κ3) is 3.67. The number of nitriles is 1. The molecule has 1 rings (SSSR count). The van der Waals surface area contributed by atoms with Gasteiger partial charge < -0.3 is 5.32 Å². The van der Waals surface area contributed by atoms with Crippen molar-refractivity contribution in [2.24, 2.45) is 17.8 Å². The zero-order chi connectivity index (χ0) is 10.4. The van der Waals surface area contributed by atoms with Crippen LogP contribution >= 0.6 is 0 Å². The summed E-state index contributed by atoms with van der Waals surface area (Å²) in [7, 11) is 0. The lowest BCUT2D eigenvalue weighted by molar-refractivity contribution is 0.289. The highest BCUT2D eigenvalue weighted by Gasteiger charge is 2.17. The number of nitrogens with zero attached hydrogens (tertiary/aromatic N) is 1. The SMILES string of the molecule is CC(C)C(C#N)CNCCC1CCC1. The Morgan fingerprint density at radius 3 is 2.57 bits per heavy atom. The molecular formula is C12H22N2. The zero-order valence-electron chi connectivity index (χ0n) is 9.42. The summed E-state index contributed by atoms with van der Waals surface area (Å²) in [6.07, 6.45) is 5.58.